The first-order valence-electron chi connectivity index (χ1n) is 9.69. The highest BCUT2D eigenvalue weighted by molar-refractivity contribution is 6.04. The minimum absolute atomic E-state index is 0.188. The van der Waals surface area contributed by atoms with Crippen LogP contribution in [0.3, 0.4) is 0 Å². The Labute approximate surface area is 170 Å². The summed E-state index contributed by atoms with van der Waals surface area (Å²) in [5.41, 5.74) is 4.10. The van der Waals surface area contributed by atoms with E-state index in [2.05, 4.69) is 34.4 Å². The second-order valence-corrected chi connectivity index (χ2v) is 6.52. The Balaban J connectivity index is 1.74. The zero-order valence-corrected chi connectivity index (χ0v) is 16.6. The number of benzene rings is 1. The van der Waals surface area contributed by atoms with Gasteiger partial charge in [-0.05, 0) is 48.2 Å². The van der Waals surface area contributed by atoms with Crippen molar-refractivity contribution in [2.75, 3.05) is 5.32 Å². The quantitative estimate of drug-likeness (QED) is 0.645. The fourth-order valence-corrected chi connectivity index (χ4v) is 3.03. The van der Waals surface area contributed by atoms with Crippen LogP contribution in [0.1, 0.15) is 51.6 Å². The van der Waals surface area contributed by atoms with Gasteiger partial charge in [-0.25, -0.2) is 4.98 Å². The number of aryl methyl sites for hydroxylation is 2. The van der Waals surface area contributed by atoms with Gasteiger partial charge in [-0.1, -0.05) is 44.2 Å². The predicted molar refractivity (Wildman–Crippen MR) is 113 cm³/mol. The topological polar surface area (TPSA) is 84.0 Å². The number of anilines is 1. The van der Waals surface area contributed by atoms with Crippen molar-refractivity contribution in [3.63, 3.8) is 0 Å². The smallest absolute Gasteiger partial charge is 0.274 e. The number of rotatable bonds is 7. The third kappa shape index (κ3) is 5.04. The van der Waals surface area contributed by atoms with Crippen LogP contribution in [0, 0.1) is 0 Å². The van der Waals surface area contributed by atoms with Crippen molar-refractivity contribution >= 4 is 17.5 Å². The fourth-order valence-electron chi connectivity index (χ4n) is 3.03. The lowest BCUT2D eigenvalue weighted by Crippen LogP contribution is -2.25. The molecule has 1 aromatic carbocycles. The highest BCUT2D eigenvalue weighted by atomic mass is 16.2. The minimum atomic E-state index is -0.353. The van der Waals surface area contributed by atoms with E-state index in [-0.39, 0.29) is 23.2 Å². The first-order valence-corrected chi connectivity index (χ1v) is 9.69. The van der Waals surface area contributed by atoms with Gasteiger partial charge < -0.3 is 10.6 Å². The van der Waals surface area contributed by atoms with Gasteiger partial charge in [0.25, 0.3) is 11.8 Å². The molecule has 3 rings (SSSR count). The van der Waals surface area contributed by atoms with E-state index in [0.717, 1.165) is 35.3 Å². The number of hydrogen-bond donors (Lipinski definition) is 2. The summed E-state index contributed by atoms with van der Waals surface area (Å²) in [6.45, 7) is 4.39. The van der Waals surface area contributed by atoms with E-state index in [9.17, 15) is 9.59 Å². The van der Waals surface area contributed by atoms with Gasteiger partial charge in [0.2, 0.25) is 0 Å². The van der Waals surface area contributed by atoms with E-state index in [4.69, 9.17) is 0 Å². The first kappa shape index (κ1) is 20.2. The molecule has 0 aliphatic carbocycles. The van der Waals surface area contributed by atoms with Crippen molar-refractivity contribution in [3.05, 3.63) is 89.0 Å². The van der Waals surface area contributed by atoms with Gasteiger partial charge in [-0.3, -0.25) is 14.6 Å². The molecule has 0 saturated carbocycles. The normalized spacial score (nSPS) is 10.4. The number of hydrogen-bond acceptors (Lipinski definition) is 4. The molecule has 0 aliphatic rings. The van der Waals surface area contributed by atoms with E-state index in [1.807, 2.05) is 36.4 Å². The molecule has 6 nitrogen and oxygen atoms in total. The SMILES string of the molecule is CCc1cccc(CC)c1NC(=O)c1cccc(C(=O)NCc2ccccn2)n1. The molecule has 3 aromatic rings. The molecular formula is C23H24N4O2. The van der Waals surface area contributed by atoms with Gasteiger partial charge in [-0.15, -0.1) is 0 Å². The number of amides is 2. The van der Waals surface area contributed by atoms with E-state index in [1.165, 1.54) is 0 Å². The molecule has 0 spiro atoms. The molecule has 0 aliphatic heterocycles. The lowest BCUT2D eigenvalue weighted by atomic mass is 10.0. The molecule has 0 saturated heterocycles. The summed E-state index contributed by atoms with van der Waals surface area (Å²) in [6, 6.07) is 16.3. The standard InChI is InChI=1S/C23H24N4O2/c1-3-16-9-7-10-17(4-2)21(16)27-23(29)20-13-8-12-19(26-20)22(28)25-15-18-11-5-6-14-24-18/h5-14H,3-4,15H2,1-2H3,(H,25,28)(H,27,29). The minimum Gasteiger partial charge on any atom is -0.345 e. The Kier molecular flexibility index (Phi) is 6.68. The molecule has 2 N–H and O–H groups in total. The van der Waals surface area contributed by atoms with E-state index >= 15 is 0 Å². The lowest BCUT2D eigenvalue weighted by Gasteiger charge is -2.14. The van der Waals surface area contributed by atoms with E-state index < -0.39 is 0 Å². The Hall–Kier alpha value is -3.54. The van der Waals surface area contributed by atoms with Crippen molar-refractivity contribution in [2.45, 2.75) is 33.2 Å². The molecule has 6 heteroatoms. The third-order valence-corrected chi connectivity index (χ3v) is 4.61. The molecule has 0 atom stereocenters. The Morgan fingerprint density at radius 3 is 2.10 bits per heavy atom. The molecule has 0 unspecified atom stereocenters. The molecule has 0 bridgehead atoms. The number of aromatic nitrogens is 2. The summed E-state index contributed by atoms with van der Waals surface area (Å²) in [5.74, 6) is -0.687. The van der Waals surface area contributed by atoms with E-state index in [1.54, 1.807) is 24.4 Å². The highest BCUT2D eigenvalue weighted by Crippen LogP contribution is 2.23. The number of para-hydroxylation sites is 1. The molecule has 2 amide bonds. The van der Waals surface area contributed by atoms with Crippen molar-refractivity contribution in [1.82, 2.24) is 15.3 Å². The van der Waals surface area contributed by atoms with Crippen LogP contribution in [0.25, 0.3) is 0 Å². The molecule has 0 radical (unpaired) electrons. The number of nitrogens with one attached hydrogen (secondary N) is 2. The average molecular weight is 388 g/mol. The predicted octanol–water partition coefficient (Wildman–Crippen LogP) is 3.78. The fraction of sp³-hybridized carbons (Fsp3) is 0.217. The Bertz CT molecular complexity index is 981. The van der Waals surface area contributed by atoms with Crippen LogP contribution >= 0.6 is 0 Å². The monoisotopic (exact) mass is 388 g/mol. The first-order chi connectivity index (χ1) is 14.1. The van der Waals surface area contributed by atoms with Gasteiger partial charge in [0, 0.05) is 11.9 Å². The number of pyridine rings is 2. The van der Waals surface area contributed by atoms with Crippen LogP contribution < -0.4 is 10.6 Å². The van der Waals surface area contributed by atoms with Gasteiger partial charge in [0.05, 0.1) is 12.2 Å². The second-order valence-electron chi connectivity index (χ2n) is 6.52. The van der Waals surface area contributed by atoms with Crippen LogP contribution in [0.2, 0.25) is 0 Å². The van der Waals surface area contributed by atoms with Crippen LogP contribution in [0.15, 0.2) is 60.8 Å². The van der Waals surface area contributed by atoms with Gasteiger partial charge in [0.15, 0.2) is 0 Å². The Morgan fingerprint density at radius 1 is 0.828 bits per heavy atom. The van der Waals surface area contributed by atoms with Crippen LogP contribution in [-0.4, -0.2) is 21.8 Å². The van der Waals surface area contributed by atoms with Crippen LogP contribution in [-0.2, 0) is 19.4 Å². The summed E-state index contributed by atoms with van der Waals surface area (Å²) < 4.78 is 0. The summed E-state index contributed by atoms with van der Waals surface area (Å²) >= 11 is 0. The van der Waals surface area contributed by atoms with Crippen molar-refractivity contribution < 1.29 is 9.59 Å². The summed E-state index contributed by atoms with van der Waals surface area (Å²) in [5, 5.41) is 5.75. The Morgan fingerprint density at radius 2 is 1.48 bits per heavy atom. The second kappa shape index (κ2) is 9.59. The van der Waals surface area contributed by atoms with Gasteiger partial charge >= 0.3 is 0 Å². The lowest BCUT2D eigenvalue weighted by molar-refractivity contribution is 0.0945. The van der Waals surface area contributed by atoms with E-state index in [0.29, 0.717) is 6.54 Å². The third-order valence-electron chi connectivity index (χ3n) is 4.61. The zero-order valence-electron chi connectivity index (χ0n) is 16.6. The molecule has 2 aromatic heterocycles. The highest BCUT2D eigenvalue weighted by Gasteiger charge is 2.15. The molecular weight excluding hydrogens is 364 g/mol. The summed E-state index contributed by atoms with van der Waals surface area (Å²) in [6.07, 6.45) is 3.29. The van der Waals surface area contributed by atoms with Crippen LogP contribution in [0.5, 0.6) is 0 Å². The summed E-state index contributed by atoms with van der Waals surface area (Å²) in [7, 11) is 0. The molecule has 0 fully saturated rings. The maximum absolute atomic E-state index is 12.8. The maximum Gasteiger partial charge on any atom is 0.274 e. The molecule has 29 heavy (non-hydrogen) atoms. The largest absolute Gasteiger partial charge is 0.345 e. The summed E-state index contributed by atoms with van der Waals surface area (Å²) in [4.78, 5) is 33.6. The maximum atomic E-state index is 12.8. The number of carbonyl (C=O) groups is 2. The van der Waals surface area contributed by atoms with Gasteiger partial charge in [-0.2, -0.15) is 0 Å². The van der Waals surface area contributed by atoms with Crippen LogP contribution in [0.4, 0.5) is 5.69 Å². The average Bonchev–Trinajstić information content (AvgIpc) is 2.78. The van der Waals surface area contributed by atoms with Crippen molar-refractivity contribution in [1.29, 1.82) is 0 Å². The number of nitrogens with zero attached hydrogens (tertiary/aromatic N) is 2. The number of carbonyl (C=O) groups excluding carboxylic acids is 2. The zero-order chi connectivity index (χ0) is 20.6. The molecule has 148 valence electrons. The molecule has 2 heterocycles. The van der Waals surface area contributed by atoms with Gasteiger partial charge in [0.1, 0.15) is 11.4 Å². The van der Waals surface area contributed by atoms with Crippen molar-refractivity contribution in [3.8, 4) is 0 Å². The van der Waals surface area contributed by atoms with Crippen molar-refractivity contribution in [2.24, 2.45) is 0 Å².